The number of hydrogen-bond acceptors (Lipinski definition) is 1. The average Bonchev–Trinajstić information content (AvgIpc) is 2.47. The van der Waals surface area contributed by atoms with Crippen molar-refractivity contribution in [3.8, 4) is 0 Å². The molecule has 0 aliphatic heterocycles. The number of hydrogen-bond donors (Lipinski definition) is 1. The summed E-state index contributed by atoms with van der Waals surface area (Å²) in [5, 5.41) is 1.17. The van der Waals surface area contributed by atoms with Gasteiger partial charge < -0.3 is 4.98 Å². The largest absolute Gasteiger partial charge is 0.346 e. The smallest absolute Gasteiger partial charge is 0.137 e. The van der Waals surface area contributed by atoms with Crippen LogP contribution < -0.4 is 0 Å². The van der Waals surface area contributed by atoms with Gasteiger partial charge in [-0.25, -0.2) is 4.98 Å². The molecule has 2 rings (SSSR count). The number of aromatic nitrogens is 2. The molecule has 2 aromatic rings. The average molecular weight is 174 g/mol. The first kappa shape index (κ1) is 8.30. The van der Waals surface area contributed by atoms with E-state index in [1.54, 1.807) is 0 Å². The number of fused-ring (bicyclic) bond motifs is 1. The third-order valence-electron chi connectivity index (χ3n) is 2.18. The summed E-state index contributed by atoms with van der Waals surface area (Å²) in [4.78, 5) is 7.67. The van der Waals surface area contributed by atoms with E-state index in [-0.39, 0.29) is 5.41 Å². The van der Waals surface area contributed by atoms with Crippen LogP contribution in [0.3, 0.4) is 0 Å². The lowest BCUT2D eigenvalue weighted by molar-refractivity contribution is 0.571. The van der Waals surface area contributed by atoms with Crippen LogP contribution in [0.5, 0.6) is 0 Å². The van der Waals surface area contributed by atoms with Crippen LogP contribution in [0.15, 0.2) is 24.4 Å². The summed E-state index contributed by atoms with van der Waals surface area (Å²) >= 11 is 0. The zero-order valence-electron chi connectivity index (χ0n) is 8.26. The third-order valence-corrected chi connectivity index (χ3v) is 2.18. The van der Waals surface area contributed by atoms with Crippen molar-refractivity contribution in [3.63, 3.8) is 0 Å². The quantitative estimate of drug-likeness (QED) is 0.653. The van der Waals surface area contributed by atoms with Crippen LogP contribution in [0, 0.1) is 0 Å². The summed E-state index contributed by atoms with van der Waals surface area (Å²) in [6, 6.07) is 6.24. The van der Waals surface area contributed by atoms with Crippen molar-refractivity contribution in [2.45, 2.75) is 26.2 Å². The van der Waals surface area contributed by atoms with Gasteiger partial charge in [-0.2, -0.15) is 0 Å². The zero-order chi connectivity index (χ0) is 9.47. The van der Waals surface area contributed by atoms with E-state index in [9.17, 15) is 0 Å². The molecule has 0 radical (unpaired) electrons. The summed E-state index contributed by atoms with van der Waals surface area (Å²) in [5.41, 5.74) is 2.23. The van der Waals surface area contributed by atoms with Crippen LogP contribution in [0.1, 0.15) is 26.5 Å². The Bertz CT molecular complexity index is 421. The molecule has 0 aromatic carbocycles. The predicted octanol–water partition coefficient (Wildman–Crippen LogP) is 2.86. The molecule has 0 bridgehead atoms. The Balaban J connectivity index is 2.61. The molecule has 1 N–H and O–H groups in total. The van der Waals surface area contributed by atoms with E-state index < -0.39 is 0 Å². The number of aromatic amines is 1. The van der Waals surface area contributed by atoms with Crippen LogP contribution in [0.4, 0.5) is 0 Å². The van der Waals surface area contributed by atoms with E-state index in [1.165, 1.54) is 5.39 Å². The Morgan fingerprint density at radius 1 is 1.15 bits per heavy atom. The fourth-order valence-corrected chi connectivity index (χ4v) is 1.35. The van der Waals surface area contributed by atoms with E-state index in [4.69, 9.17) is 0 Å². The normalized spacial score (nSPS) is 12.2. The first-order valence-electron chi connectivity index (χ1n) is 4.52. The minimum Gasteiger partial charge on any atom is -0.346 e. The monoisotopic (exact) mass is 174 g/mol. The summed E-state index contributed by atoms with van der Waals surface area (Å²) < 4.78 is 0. The maximum absolute atomic E-state index is 4.55. The molecule has 2 aromatic heterocycles. The van der Waals surface area contributed by atoms with Gasteiger partial charge in [0.15, 0.2) is 0 Å². The highest BCUT2D eigenvalue weighted by Crippen LogP contribution is 2.21. The summed E-state index contributed by atoms with van der Waals surface area (Å²) in [6.45, 7) is 6.51. The Morgan fingerprint density at radius 2 is 1.92 bits per heavy atom. The first-order valence-corrected chi connectivity index (χ1v) is 4.52. The van der Waals surface area contributed by atoms with E-state index in [1.807, 2.05) is 12.3 Å². The zero-order valence-corrected chi connectivity index (χ0v) is 8.26. The van der Waals surface area contributed by atoms with Crippen molar-refractivity contribution in [3.05, 3.63) is 30.1 Å². The maximum atomic E-state index is 4.55. The molecule has 0 atom stereocenters. The number of nitrogens with zero attached hydrogens (tertiary/aromatic N) is 1. The molecular formula is C11H14N2. The highest BCUT2D eigenvalue weighted by molar-refractivity contribution is 5.75. The highest BCUT2D eigenvalue weighted by Gasteiger charge is 2.15. The minimum absolute atomic E-state index is 0.124. The molecule has 0 aliphatic rings. The highest BCUT2D eigenvalue weighted by atomic mass is 14.9. The second-order valence-electron chi connectivity index (χ2n) is 4.36. The van der Waals surface area contributed by atoms with Crippen molar-refractivity contribution >= 4 is 11.0 Å². The Labute approximate surface area is 78.0 Å². The van der Waals surface area contributed by atoms with Gasteiger partial charge in [-0.1, -0.05) is 20.8 Å². The Morgan fingerprint density at radius 3 is 2.62 bits per heavy atom. The number of nitrogens with one attached hydrogen (secondary N) is 1. The molecule has 0 aliphatic carbocycles. The van der Waals surface area contributed by atoms with E-state index in [0.717, 1.165) is 11.3 Å². The second kappa shape index (κ2) is 2.59. The van der Waals surface area contributed by atoms with Crippen molar-refractivity contribution in [2.75, 3.05) is 0 Å². The van der Waals surface area contributed by atoms with Gasteiger partial charge in [0.25, 0.3) is 0 Å². The number of H-pyrrole nitrogens is 1. The molecule has 0 unspecified atom stereocenters. The van der Waals surface area contributed by atoms with Gasteiger partial charge in [-0.05, 0) is 18.2 Å². The molecule has 2 heteroatoms. The molecule has 13 heavy (non-hydrogen) atoms. The Kier molecular flexibility index (Phi) is 1.65. The maximum Gasteiger partial charge on any atom is 0.137 e. The van der Waals surface area contributed by atoms with E-state index in [2.05, 4.69) is 42.9 Å². The van der Waals surface area contributed by atoms with Crippen molar-refractivity contribution in [1.82, 2.24) is 9.97 Å². The van der Waals surface area contributed by atoms with Crippen molar-refractivity contribution < 1.29 is 0 Å². The summed E-state index contributed by atoms with van der Waals surface area (Å²) in [6.07, 6.45) is 1.92. The van der Waals surface area contributed by atoms with Crippen LogP contribution >= 0.6 is 0 Å². The lowest BCUT2D eigenvalue weighted by Gasteiger charge is -2.17. The topological polar surface area (TPSA) is 28.7 Å². The van der Waals surface area contributed by atoms with Gasteiger partial charge >= 0.3 is 0 Å². The summed E-state index contributed by atoms with van der Waals surface area (Å²) in [7, 11) is 0. The molecule has 0 saturated carbocycles. The van der Waals surface area contributed by atoms with Crippen LogP contribution in [-0.2, 0) is 5.41 Å². The van der Waals surface area contributed by atoms with Gasteiger partial charge in [0.1, 0.15) is 5.65 Å². The number of pyridine rings is 1. The standard InChI is InChI=1S/C11H14N2/c1-11(2,3)9-5-4-8-6-7-12-10(8)13-9/h4-7H,1-3H3,(H,12,13). The lowest BCUT2D eigenvalue weighted by atomic mass is 9.91. The van der Waals surface area contributed by atoms with Crippen LogP contribution in [0.2, 0.25) is 0 Å². The van der Waals surface area contributed by atoms with Gasteiger partial charge in [-0.3, -0.25) is 0 Å². The minimum atomic E-state index is 0.124. The van der Waals surface area contributed by atoms with Crippen molar-refractivity contribution in [2.24, 2.45) is 0 Å². The fourth-order valence-electron chi connectivity index (χ4n) is 1.35. The van der Waals surface area contributed by atoms with Crippen molar-refractivity contribution in [1.29, 1.82) is 0 Å². The molecule has 0 saturated heterocycles. The first-order chi connectivity index (χ1) is 6.07. The molecule has 0 fully saturated rings. The molecule has 68 valence electrons. The third kappa shape index (κ3) is 1.44. The van der Waals surface area contributed by atoms with E-state index in [0.29, 0.717) is 0 Å². The van der Waals surface area contributed by atoms with Gasteiger partial charge in [0, 0.05) is 22.7 Å². The lowest BCUT2D eigenvalue weighted by Crippen LogP contribution is -2.13. The molecule has 0 amide bonds. The Hall–Kier alpha value is -1.31. The van der Waals surface area contributed by atoms with Crippen LogP contribution in [0.25, 0.3) is 11.0 Å². The van der Waals surface area contributed by atoms with E-state index >= 15 is 0 Å². The van der Waals surface area contributed by atoms with Gasteiger partial charge in [-0.15, -0.1) is 0 Å². The molecule has 2 nitrogen and oxygen atoms in total. The molecular weight excluding hydrogens is 160 g/mol. The summed E-state index contributed by atoms with van der Waals surface area (Å²) in [5.74, 6) is 0. The second-order valence-corrected chi connectivity index (χ2v) is 4.36. The fraction of sp³-hybridized carbons (Fsp3) is 0.364. The SMILES string of the molecule is CC(C)(C)c1ccc2cc[nH]c2n1. The predicted molar refractivity (Wildman–Crippen MR) is 54.8 cm³/mol. The van der Waals surface area contributed by atoms with Crippen LogP contribution in [-0.4, -0.2) is 9.97 Å². The van der Waals surface area contributed by atoms with Gasteiger partial charge in [0.2, 0.25) is 0 Å². The molecule has 2 heterocycles. The van der Waals surface area contributed by atoms with Gasteiger partial charge in [0.05, 0.1) is 0 Å². The number of rotatable bonds is 0. The molecule has 0 spiro atoms.